The Labute approximate surface area is 258 Å². The van der Waals surface area contributed by atoms with E-state index in [0.717, 1.165) is 22.5 Å². The first-order valence-electron chi connectivity index (χ1n) is 15.1. The Morgan fingerprint density at radius 3 is 2.68 bits per heavy atom. The van der Waals surface area contributed by atoms with Gasteiger partial charge in [0.25, 0.3) is 5.91 Å². The van der Waals surface area contributed by atoms with Gasteiger partial charge in [-0.3, -0.25) is 19.1 Å². The molecule has 0 unspecified atom stereocenters. The van der Waals surface area contributed by atoms with Crippen molar-refractivity contribution in [1.82, 2.24) is 24.9 Å². The minimum absolute atomic E-state index is 0.0228. The first-order chi connectivity index (χ1) is 21.1. The van der Waals surface area contributed by atoms with E-state index in [9.17, 15) is 14.4 Å². The van der Waals surface area contributed by atoms with Crippen molar-refractivity contribution in [3.63, 3.8) is 0 Å². The lowest BCUT2D eigenvalue weighted by Crippen LogP contribution is -2.58. The lowest BCUT2D eigenvalue weighted by molar-refractivity contribution is -0.137. The Hall–Kier alpha value is -4.38. The quantitative estimate of drug-likeness (QED) is 0.474. The van der Waals surface area contributed by atoms with Crippen LogP contribution in [0.4, 0.5) is 0 Å². The molecule has 1 aromatic heterocycles. The lowest BCUT2D eigenvalue weighted by atomic mass is 10.00. The molecule has 1 saturated heterocycles. The Kier molecular flexibility index (Phi) is 9.53. The third-order valence-electron chi connectivity index (χ3n) is 8.26. The van der Waals surface area contributed by atoms with Crippen molar-refractivity contribution in [2.24, 2.45) is 7.05 Å². The van der Waals surface area contributed by atoms with Gasteiger partial charge in [0.2, 0.25) is 11.8 Å². The summed E-state index contributed by atoms with van der Waals surface area (Å²) in [5, 5.41) is 7.53. The summed E-state index contributed by atoms with van der Waals surface area (Å²) in [6, 6.07) is 12.2. The monoisotopic (exact) mass is 603 g/mol. The number of nitrogens with one attached hydrogen (secondary N) is 1. The molecule has 44 heavy (non-hydrogen) atoms. The van der Waals surface area contributed by atoms with Gasteiger partial charge in [-0.15, -0.1) is 0 Å². The Morgan fingerprint density at radius 1 is 1.11 bits per heavy atom. The summed E-state index contributed by atoms with van der Waals surface area (Å²) in [5.74, 6) is 0.893. The van der Waals surface area contributed by atoms with E-state index in [1.54, 1.807) is 30.1 Å². The molecule has 3 amide bonds. The van der Waals surface area contributed by atoms with E-state index in [4.69, 9.17) is 14.2 Å². The summed E-state index contributed by atoms with van der Waals surface area (Å²) >= 11 is 0. The third kappa shape index (κ3) is 7.21. The van der Waals surface area contributed by atoms with E-state index < -0.39 is 6.04 Å². The van der Waals surface area contributed by atoms with E-state index in [1.807, 2.05) is 56.8 Å². The van der Waals surface area contributed by atoms with Crippen molar-refractivity contribution >= 4 is 17.7 Å². The van der Waals surface area contributed by atoms with Gasteiger partial charge < -0.3 is 29.3 Å². The molecule has 0 radical (unpaired) electrons. The number of nitrogens with zero attached hydrogens (tertiary/aromatic N) is 4. The summed E-state index contributed by atoms with van der Waals surface area (Å²) < 4.78 is 20.0. The highest BCUT2D eigenvalue weighted by molar-refractivity contribution is 5.97. The van der Waals surface area contributed by atoms with E-state index in [1.165, 1.54) is 4.90 Å². The van der Waals surface area contributed by atoms with Crippen molar-refractivity contribution in [3.05, 3.63) is 70.5 Å². The first-order valence-corrected chi connectivity index (χ1v) is 15.1. The Bertz CT molecular complexity index is 1530. The molecule has 0 spiro atoms. The Morgan fingerprint density at radius 2 is 1.93 bits per heavy atom. The minimum atomic E-state index is -0.439. The topological polar surface area (TPSA) is 115 Å². The van der Waals surface area contributed by atoms with Gasteiger partial charge in [-0.1, -0.05) is 12.1 Å². The largest absolute Gasteiger partial charge is 0.494 e. The number of rotatable bonds is 5. The number of carbonyl (C=O) groups excluding carboxylic acids is 3. The fourth-order valence-corrected chi connectivity index (χ4v) is 5.87. The van der Waals surface area contributed by atoms with Crippen molar-refractivity contribution in [1.29, 1.82) is 0 Å². The SMILES string of the molecule is CCOc1cc2cc(c1)C(=O)N(C)CC(=O)N[C@H]1CN(C(=O)CCc3c(C)nn(C)c3C)CC[C@H]1OCc1cccc(c1)O2. The van der Waals surface area contributed by atoms with Gasteiger partial charge >= 0.3 is 0 Å². The number of likely N-dealkylation sites (tertiary alicyclic amines) is 1. The van der Waals surface area contributed by atoms with Gasteiger partial charge in [0.05, 0.1) is 37.6 Å². The van der Waals surface area contributed by atoms with Crippen LogP contribution in [0.2, 0.25) is 0 Å². The molecule has 0 saturated carbocycles. The van der Waals surface area contributed by atoms with E-state index in [-0.39, 0.29) is 30.4 Å². The average molecular weight is 604 g/mol. The second kappa shape index (κ2) is 13.5. The van der Waals surface area contributed by atoms with Crippen LogP contribution in [0.5, 0.6) is 17.2 Å². The van der Waals surface area contributed by atoms with E-state index in [0.29, 0.717) is 68.4 Å². The van der Waals surface area contributed by atoms with Crippen LogP contribution in [0.1, 0.15) is 52.6 Å². The number of hydrogen-bond donors (Lipinski definition) is 1. The van der Waals surface area contributed by atoms with Gasteiger partial charge in [-0.05, 0) is 69.0 Å². The maximum Gasteiger partial charge on any atom is 0.254 e. The molecule has 1 fully saturated rings. The zero-order valence-electron chi connectivity index (χ0n) is 26.1. The molecule has 1 N–H and O–H groups in total. The van der Waals surface area contributed by atoms with Crippen molar-refractivity contribution in [3.8, 4) is 17.2 Å². The summed E-state index contributed by atoms with van der Waals surface area (Å²) in [4.78, 5) is 43.1. The number of amides is 3. The number of aryl methyl sites for hydroxylation is 2. The number of aromatic nitrogens is 2. The van der Waals surface area contributed by atoms with Crippen LogP contribution in [-0.4, -0.2) is 82.7 Å². The molecular weight excluding hydrogens is 562 g/mol. The first kappa shape index (κ1) is 31.1. The van der Waals surface area contributed by atoms with Crippen LogP contribution in [0, 0.1) is 13.8 Å². The highest BCUT2D eigenvalue weighted by atomic mass is 16.5. The maximum absolute atomic E-state index is 13.4. The predicted octanol–water partition coefficient (Wildman–Crippen LogP) is 3.55. The molecule has 11 heteroatoms. The van der Waals surface area contributed by atoms with Crippen LogP contribution in [-0.2, 0) is 34.4 Å². The number of piperidine rings is 1. The molecule has 4 bridgehead atoms. The molecule has 11 nitrogen and oxygen atoms in total. The normalized spacial score (nSPS) is 19.2. The highest BCUT2D eigenvalue weighted by Gasteiger charge is 2.34. The van der Waals surface area contributed by atoms with Crippen LogP contribution < -0.4 is 14.8 Å². The molecule has 2 aromatic carbocycles. The Balaban J connectivity index is 1.35. The third-order valence-corrected chi connectivity index (χ3v) is 8.26. The molecule has 3 aromatic rings. The smallest absolute Gasteiger partial charge is 0.254 e. The van der Waals surface area contributed by atoms with Gasteiger partial charge in [0.15, 0.2) is 0 Å². The van der Waals surface area contributed by atoms with Crippen LogP contribution >= 0.6 is 0 Å². The molecule has 2 aliphatic rings. The molecule has 0 aliphatic carbocycles. The molecule has 2 atom stereocenters. The molecular formula is C33H41N5O6. The molecule has 234 valence electrons. The average Bonchev–Trinajstić information content (AvgIpc) is 3.24. The summed E-state index contributed by atoms with van der Waals surface area (Å²) in [5.41, 5.74) is 4.33. The van der Waals surface area contributed by atoms with Gasteiger partial charge in [0, 0.05) is 50.9 Å². The number of ether oxygens (including phenoxy) is 3. The summed E-state index contributed by atoms with van der Waals surface area (Å²) in [6.07, 6.45) is 1.21. The number of carbonyl (C=O) groups is 3. The fraction of sp³-hybridized carbons (Fsp3) is 0.455. The van der Waals surface area contributed by atoms with Crippen LogP contribution in [0.15, 0.2) is 42.5 Å². The van der Waals surface area contributed by atoms with Gasteiger partial charge in [-0.25, -0.2) is 0 Å². The van der Waals surface area contributed by atoms with Crippen LogP contribution in [0.3, 0.4) is 0 Å². The zero-order valence-corrected chi connectivity index (χ0v) is 26.1. The fourth-order valence-electron chi connectivity index (χ4n) is 5.87. The van der Waals surface area contributed by atoms with Crippen molar-refractivity contribution in [2.45, 2.75) is 58.8 Å². The number of benzene rings is 2. The van der Waals surface area contributed by atoms with Crippen molar-refractivity contribution < 1.29 is 28.6 Å². The second-order valence-corrected chi connectivity index (χ2v) is 11.5. The highest BCUT2D eigenvalue weighted by Crippen LogP contribution is 2.29. The molecule has 5 rings (SSSR count). The summed E-state index contributed by atoms with van der Waals surface area (Å²) in [6.45, 7) is 7.25. The van der Waals surface area contributed by atoms with E-state index >= 15 is 0 Å². The van der Waals surface area contributed by atoms with Gasteiger partial charge in [-0.2, -0.15) is 5.10 Å². The summed E-state index contributed by atoms with van der Waals surface area (Å²) in [7, 11) is 3.48. The second-order valence-electron chi connectivity index (χ2n) is 11.5. The number of fused-ring (bicyclic) bond motifs is 5. The number of likely N-dealkylation sites (N-methyl/N-ethyl adjacent to an activating group) is 1. The van der Waals surface area contributed by atoms with Crippen LogP contribution in [0.25, 0.3) is 0 Å². The molecule has 2 aliphatic heterocycles. The predicted molar refractivity (Wildman–Crippen MR) is 164 cm³/mol. The van der Waals surface area contributed by atoms with Crippen molar-refractivity contribution in [2.75, 3.05) is 33.3 Å². The maximum atomic E-state index is 13.4. The molecule has 3 heterocycles. The minimum Gasteiger partial charge on any atom is -0.494 e. The van der Waals surface area contributed by atoms with Gasteiger partial charge in [0.1, 0.15) is 17.2 Å². The van der Waals surface area contributed by atoms with E-state index in [2.05, 4.69) is 10.4 Å². The lowest BCUT2D eigenvalue weighted by Gasteiger charge is -2.39. The number of hydrogen-bond acceptors (Lipinski definition) is 7. The zero-order chi connectivity index (χ0) is 31.4. The standard InChI is InChI=1S/C33H41N5O6/c1-6-42-26-15-24-16-27(17-26)44-25-9-7-8-23(14-25)20-43-30-12-13-38(18-29(30)34-31(39)19-36(4)33(24)41)32(40)11-10-28-21(2)35-37(5)22(28)3/h7-9,14-17,29-30H,6,10-13,18-20H2,1-5H3,(H,34,39)/t29-,30+/m0/s1.